The molecular formula is C13H15N3O4. The first kappa shape index (κ1) is 15.4. The highest BCUT2D eigenvalue weighted by Gasteiger charge is 2.24. The summed E-state index contributed by atoms with van der Waals surface area (Å²) in [6.07, 6.45) is 0.626. The van der Waals surface area contributed by atoms with Crippen molar-refractivity contribution >= 4 is 17.3 Å². The highest BCUT2D eigenvalue weighted by molar-refractivity contribution is 5.77. The number of nitro groups is 1. The van der Waals surface area contributed by atoms with Crippen molar-refractivity contribution in [2.45, 2.75) is 26.3 Å². The minimum Gasteiger partial charge on any atom is -0.480 e. The third-order valence-electron chi connectivity index (χ3n) is 3.04. The maximum absolute atomic E-state index is 11.1. The molecule has 0 saturated carbocycles. The van der Waals surface area contributed by atoms with Gasteiger partial charge in [-0.25, -0.2) is 0 Å². The predicted molar refractivity (Wildman–Crippen MR) is 72.5 cm³/mol. The molecule has 0 radical (unpaired) electrons. The summed E-state index contributed by atoms with van der Waals surface area (Å²) in [4.78, 5) is 22.9. The molecular weight excluding hydrogens is 262 g/mol. The Morgan fingerprint density at radius 3 is 2.70 bits per heavy atom. The van der Waals surface area contributed by atoms with Gasteiger partial charge in [-0.15, -0.1) is 0 Å². The van der Waals surface area contributed by atoms with Crippen LogP contribution in [-0.2, 0) is 4.79 Å². The van der Waals surface area contributed by atoms with Gasteiger partial charge < -0.3 is 10.0 Å². The Bertz CT molecular complexity index is 565. The second-order valence-electron chi connectivity index (χ2n) is 4.35. The van der Waals surface area contributed by atoms with Crippen LogP contribution in [0.15, 0.2) is 18.2 Å². The van der Waals surface area contributed by atoms with E-state index in [9.17, 15) is 14.9 Å². The van der Waals surface area contributed by atoms with Crippen molar-refractivity contribution in [2.75, 3.05) is 11.4 Å². The van der Waals surface area contributed by atoms with Gasteiger partial charge in [0.05, 0.1) is 16.6 Å². The van der Waals surface area contributed by atoms with E-state index in [0.717, 1.165) is 0 Å². The van der Waals surface area contributed by atoms with Crippen LogP contribution >= 0.6 is 0 Å². The van der Waals surface area contributed by atoms with Crippen molar-refractivity contribution in [3.8, 4) is 6.07 Å². The van der Waals surface area contributed by atoms with Crippen molar-refractivity contribution in [2.24, 2.45) is 0 Å². The first-order valence-corrected chi connectivity index (χ1v) is 6.07. The number of hydrogen-bond donors (Lipinski definition) is 1. The molecule has 0 bridgehead atoms. The summed E-state index contributed by atoms with van der Waals surface area (Å²) >= 11 is 0. The van der Waals surface area contributed by atoms with Crippen LogP contribution in [0.3, 0.4) is 0 Å². The maximum Gasteiger partial charge on any atom is 0.323 e. The van der Waals surface area contributed by atoms with Crippen molar-refractivity contribution in [3.05, 3.63) is 33.9 Å². The van der Waals surface area contributed by atoms with Gasteiger partial charge in [0.15, 0.2) is 0 Å². The Morgan fingerprint density at radius 2 is 2.25 bits per heavy atom. The molecule has 0 aliphatic carbocycles. The summed E-state index contributed by atoms with van der Waals surface area (Å²) in [5, 5.41) is 28.9. The van der Waals surface area contributed by atoms with E-state index < -0.39 is 10.9 Å². The molecule has 1 unspecified atom stereocenters. The summed E-state index contributed by atoms with van der Waals surface area (Å²) in [6.45, 7) is 3.29. The van der Waals surface area contributed by atoms with Gasteiger partial charge in [-0.2, -0.15) is 5.26 Å². The van der Waals surface area contributed by atoms with Gasteiger partial charge in [0.25, 0.3) is 5.69 Å². The lowest BCUT2D eigenvalue weighted by Gasteiger charge is -2.28. The Hall–Kier alpha value is -2.62. The molecule has 1 rings (SSSR count). The molecule has 0 amide bonds. The van der Waals surface area contributed by atoms with Crippen LogP contribution < -0.4 is 4.90 Å². The van der Waals surface area contributed by atoms with Crippen LogP contribution in [0.2, 0.25) is 0 Å². The number of aliphatic carboxylic acids is 1. The van der Waals surface area contributed by atoms with Crippen molar-refractivity contribution in [3.63, 3.8) is 0 Å². The number of carboxylic acid groups (broad SMARTS) is 1. The average molecular weight is 277 g/mol. The minimum absolute atomic E-state index is 0.158. The SMILES string of the molecule is CCC(C)N(CC(=O)O)c1cc(C#N)ccc1[N+](=O)[O-]. The molecule has 0 aromatic heterocycles. The maximum atomic E-state index is 11.1. The van der Waals surface area contributed by atoms with Crippen LogP contribution in [0.4, 0.5) is 11.4 Å². The smallest absolute Gasteiger partial charge is 0.323 e. The molecule has 1 aromatic carbocycles. The molecule has 1 atom stereocenters. The zero-order chi connectivity index (χ0) is 15.3. The molecule has 1 N–H and O–H groups in total. The summed E-state index contributed by atoms with van der Waals surface area (Å²) in [7, 11) is 0. The van der Waals surface area contributed by atoms with E-state index in [1.807, 2.05) is 13.0 Å². The zero-order valence-electron chi connectivity index (χ0n) is 11.2. The lowest BCUT2D eigenvalue weighted by Crippen LogP contribution is -2.37. The van der Waals surface area contributed by atoms with Crippen molar-refractivity contribution in [1.82, 2.24) is 0 Å². The predicted octanol–water partition coefficient (Wildman–Crippen LogP) is 2.16. The summed E-state index contributed by atoms with van der Waals surface area (Å²) in [5.74, 6) is -1.08. The average Bonchev–Trinajstić information content (AvgIpc) is 2.42. The molecule has 0 aliphatic rings. The number of rotatable bonds is 6. The second kappa shape index (κ2) is 6.52. The third kappa shape index (κ3) is 3.45. The number of nitro benzene ring substituents is 1. The lowest BCUT2D eigenvalue weighted by atomic mass is 10.1. The molecule has 0 aliphatic heterocycles. The topological polar surface area (TPSA) is 107 Å². The Morgan fingerprint density at radius 1 is 1.60 bits per heavy atom. The number of nitrogens with zero attached hydrogens (tertiary/aromatic N) is 3. The monoisotopic (exact) mass is 277 g/mol. The first-order chi connectivity index (χ1) is 9.40. The van der Waals surface area contributed by atoms with Gasteiger partial charge in [-0.3, -0.25) is 14.9 Å². The quantitative estimate of drug-likeness (QED) is 0.630. The Balaban J connectivity index is 3.39. The van der Waals surface area contributed by atoms with Crippen molar-refractivity contribution in [1.29, 1.82) is 5.26 Å². The van der Waals surface area contributed by atoms with Gasteiger partial charge in [0, 0.05) is 12.1 Å². The number of benzene rings is 1. The van der Waals surface area contributed by atoms with Gasteiger partial charge in [-0.1, -0.05) is 6.92 Å². The number of anilines is 1. The van der Waals surface area contributed by atoms with Gasteiger partial charge in [0.1, 0.15) is 12.2 Å². The van der Waals surface area contributed by atoms with Crippen molar-refractivity contribution < 1.29 is 14.8 Å². The summed E-state index contributed by atoms with van der Waals surface area (Å²) in [6, 6.07) is 5.63. The Labute approximate surface area is 116 Å². The number of carboxylic acids is 1. The van der Waals surface area contributed by atoms with E-state index in [0.29, 0.717) is 6.42 Å². The second-order valence-corrected chi connectivity index (χ2v) is 4.35. The molecule has 0 saturated heterocycles. The van der Waals surface area contributed by atoms with Crippen LogP contribution in [0.5, 0.6) is 0 Å². The number of carbonyl (C=O) groups is 1. The molecule has 20 heavy (non-hydrogen) atoms. The molecule has 0 heterocycles. The highest BCUT2D eigenvalue weighted by atomic mass is 16.6. The standard InChI is InChI=1S/C13H15N3O4/c1-3-9(2)15(8-13(17)18)12-6-10(7-14)4-5-11(12)16(19)20/h4-6,9H,3,8H2,1-2H3,(H,17,18). The molecule has 0 spiro atoms. The fourth-order valence-corrected chi connectivity index (χ4v) is 1.82. The van der Waals surface area contributed by atoms with Crippen LogP contribution in [0.1, 0.15) is 25.8 Å². The summed E-state index contributed by atoms with van der Waals surface area (Å²) < 4.78 is 0. The minimum atomic E-state index is -1.08. The van der Waals surface area contributed by atoms with Gasteiger partial charge in [-0.05, 0) is 25.5 Å². The van der Waals surface area contributed by atoms with E-state index in [4.69, 9.17) is 10.4 Å². The van der Waals surface area contributed by atoms with E-state index in [-0.39, 0.29) is 29.5 Å². The fourth-order valence-electron chi connectivity index (χ4n) is 1.82. The van der Waals surface area contributed by atoms with Crippen LogP contribution in [0, 0.1) is 21.4 Å². The van der Waals surface area contributed by atoms with Crippen LogP contribution in [0.25, 0.3) is 0 Å². The molecule has 106 valence electrons. The highest BCUT2D eigenvalue weighted by Crippen LogP contribution is 2.31. The van der Waals surface area contributed by atoms with Crippen LogP contribution in [-0.4, -0.2) is 28.6 Å². The fraction of sp³-hybridized carbons (Fsp3) is 0.385. The number of hydrogen-bond acceptors (Lipinski definition) is 5. The lowest BCUT2D eigenvalue weighted by molar-refractivity contribution is -0.384. The molecule has 7 nitrogen and oxygen atoms in total. The van der Waals surface area contributed by atoms with E-state index in [2.05, 4.69) is 0 Å². The van der Waals surface area contributed by atoms with E-state index >= 15 is 0 Å². The molecule has 1 aromatic rings. The van der Waals surface area contributed by atoms with Gasteiger partial charge in [0.2, 0.25) is 0 Å². The zero-order valence-corrected chi connectivity index (χ0v) is 11.2. The van der Waals surface area contributed by atoms with Gasteiger partial charge >= 0.3 is 5.97 Å². The van der Waals surface area contributed by atoms with E-state index in [1.165, 1.54) is 23.1 Å². The Kier molecular flexibility index (Phi) is 5.03. The normalized spacial score (nSPS) is 11.4. The summed E-state index contributed by atoms with van der Waals surface area (Å²) in [5.41, 5.74) is 0.209. The first-order valence-electron chi connectivity index (χ1n) is 6.07. The molecule has 7 heteroatoms. The third-order valence-corrected chi connectivity index (χ3v) is 3.04. The van der Waals surface area contributed by atoms with E-state index in [1.54, 1.807) is 6.92 Å². The largest absolute Gasteiger partial charge is 0.480 e. The molecule has 0 fully saturated rings. The number of nitriles is 1.